The standard InChI is InChI=1S/C16H25NO2/c1-11(17-19)13-9-12(7-8-14(13)18)16(5,6)10-15(2,3)4/h7-9,18-19H,10H2,1-6H3. The van der Waals surface area contributed by atoms with Crippen molar-refractivity contribution >= 4 is 5.71 Å². The van der Waals surface area contributed by atoms with Gasteiger partial charge in [-0.15, -0.1) is 0 Å². The molecule has 0 aromatic heterocycles. The largest absolute Gasteiger partial charge is 0.507 e. The Kier molecular flexibility index (Phi) is 4.28. The Morgan fingerprint density at radius 3 is 2.21 bits per heavy atom. The maximum atomic E-state index is 9.84. The molecule has 0 fully saturated rings. The summed E-state index contributed by atoms with van der Waals surface area (Å²) in [6.45, 7) is 12.7. The van der Waals surface area contributed by atoms with Crippen molar-refractivity contribution in [3.63, 3.8) is 0 Å². The molecule has 0 unspecified atom stereocenters. The number of hydrogen-bond acceptors (Lipinski definition) is 3. The second kappa shape index (κ2) is 5.24. The minimum absolute atomic E-state index is 0.00354. The van der Waals surface area contributed by atoms with Crippen LogP contribution in [0.3, 0.4) is 0 Å². The van der Waals surface area contributed by atoms with Gasteiger partial charge in [0, 0.05) is 5.56 Å². The van der Waals surface area contributed by atoms with Crippen molar-refractivity contribution in [2.24, 2.45) is 10.6 Å². The first-order valence-electron chi connectivity index (χ1n) is 6.59. The normalized spacial score (nSPS) is 13.7. The molecule has 106 valence electrons. The molecule has 0 heterocycles. The van der Waals surface area contributed by atoms with E-state index in [1.54, 1.807) is 13.0 Å². The molecule has 1 aromatic rings. The van der Waals surface area contributed by atoms with Crippen LogP contribution >= 0.6 is 0 Å². The summed E-state index contributed by atoms with van der Waals surface area (Å²) in [7, 11) is 0. The maximum absolute atomic E-state index is 9.84. The Labute approximate surface area is 116 Å². The molecule has 0 amide bonds. The molecule has 3 heteroatoms. The molecule has 19 heavy (non-hydrogen) atoms. The minimum atomic E-state index is -0.00354. The first kappa shape index (κ1) is 15.5. The lowest BCUT2D eigenvalue weighted by Gasteiger charge is -2.33. The highest BCUT2D eigenvalue weighted by Gasteiger charge is 2.28. The number of rotatable bonds is 3. The van der Waals surface area contributed by atoms with Gasteiger partial charge < -0.3 is 10.3 Å². The Bertz CT molecular complexity index is 482. The number of phenols is 1. The number of phenolic OH excluding ortho intramolecular Hbond substituents is 1. The van der Waals surface area contributed by atoms with Crippen LogP contribution in [0.15, 0.2) is 23.4 Å². The van der Waals surface area contributed by atoms with Gasteiger partial charge in [-0.3, -0.25) is 0 Å². The Morgan fingerprint density at radius 2 is 1.74 bits per heavy atom. The van der Waals surface area contributed by atoms with Crippen molar-refractivity contribution < 1.29 is 10.3 Å². The van der Waals surface area contributed by atoms with E-state index >= 15 is 0 Å². The molecule has 1 rings (SSSR count). The number of aromatic hydroxyl groups is 1. The quantitative estimate of drug-likeness (QED) is 0.485. The molecular formula is C16H25NO2. The van der Waals surface area contributed by atoms with Crippen molar-refractivity contribution in [1.29, 1.82) is 0 Å². The fraction of sp³-hybridized carbons (Fsp3) is 0.562. The van der Waals surface area contributed by atoms with Crippen molar-refractivity contribution in [3.05, 3.63) is 29.3 Å². The molecule has 3 nitrogen and oxygen atoms in total. The fourth-order valence-electron chi connectivity index (χ4n) is 2.73. The smallest absolute Gasteiger partial charge is 0.124 e. The van der Waals surface area contributed by atoms with Gasteiger partial charge in [0.2, 0.25) is 0 Å². The second-order valence-corrected chi connectivity index (χ2v) is 7.04. The van der Waals surface area contributed by atoms with Gasteiger partial charge >= 0.3 is 0 Å². The van der Waals surface area contributed by atoms with E-state index in [1.807, 2.05) is 12.1 Å². The molecule has 2 N–H and O–H groups in total. The van der Waals surface area contributed by atoms with Crippen LogP contribution in [0.25, 0.3) is 0 Å². The van der Waals surface area contributed by atoms with Gasteiger partial charge in [-0.05, 0) is 41.9 Å². The molecule has 0 aliphatic rings. The van der Waals surface area contributed by atoms with E-state index in [1.165, 1.54) is 0 Å². The number of hydrogen-bond donors (Lipinski definition) is 2. The summed E-state index contributed by atoms with van der Waals surface area (Å²) in [5.74, 6) is 0.144. The van der Waals surface area contributed by atoms with Crippen molar-refractivity contribution in [3.8, 4) is 5.75 Å². The summed E-state index contributed by atoms with van der Waals surface area (Å²) in [5.41, 5.74) is 2.36. The Morgan fingerprint density at radius 1 is 1.16 bits per heavy atom. The van der Waals surface area contributed by atoms with Crippen LogP contribution < -0.4 is 0 Å². The van der Waals surface area contributed by atoms with Crippen LogP contribution in [-0.2, 0) is 5.41 Å². The van der Waals surface area contributed by atoms with Crippen LogP contribution in [0.4, 0.5) is 0 Å². The molecule has 1 aromatic carbocycles. The lowest BCUT2D eigenvalue weighted by Crippen LogP contribution is -2.25. The monoisotopic (exact) mass is 263 g/mol. The zero-order valence-electron chi connectivity index (χ0n) is 12.8. The summed E-state index contributed by atoms with van der Waals surface area (Å²) in [6, 6.07) is 5.52. The average molecular weight is 263 g/mol. The van der Waals surface area contributed by atoms with E-state index in [9.17, 15) is 5.11 Å². The summed E-state index contributed by atoms with van der Waals surface area (Å²) < 4.78 is 0. The number of benzene rings is 1. The minimum Gasteiger partial charge on any atom is -0.507 e. The van der Waals surface area contributed by atoms with Crippen molar-refractivity contribution in [1.82, 2.24) is 0 Å². The lowest BCUT2D eigenvalue weighted by molar-refractivity contribution is 0.284. The molecule has 0 spiro atoms. The topological polar surface area (TPSA) is 52.8 Å². The van der Waals surface area contributed by atoms with E-state index in [0.717, 1.165) is 12.0 Å². The average Bonchev–Trinajstić information content (AvgIpc) is 2.25. The fourth-order valence-corrected chi connectivity index (χ4v) is 2.73. The second-order valence-electron chi connectivity index (χ2n) is 7.04. The molecule has 0 saturated carbocycles. The Balaban J connectivity index is 3.22. The van der Waals surface area contributed by atoms with E-state index in [-0.39, 0.29) is 16.6 Å². The van der Waals surface area contributed by atoms with Crippen molar-refractivity contribution in [2.45, 2.75) is 53.4 Å². The summed E-state index contributed by atoms with van der Waals surface area (Å²) >= 11 is 0. The zero-order valence-corrected chi connectivity index (χ0v) is 12.8. The summed E-state index contributed by atoms with van der Waals surface area (Å²) in [5, 5.41) is 21.9. The predicted octanol–water partition coefficient (Wildman–Crippen LogP) is 4.30. The SMILES string of the molecule is CC(=NO)c1cc(C(C)(C)CC(C)(C)C)ccc1O. The van der Waals surface area contributed by atoms with Gasteiger partial charge in [0.25, 0.3) is 0 Å². The van der Waals surface area contributed by atoms with Crippen LogP contribution in [0.5, 0.6) is 5.75 Å². The van der Waals surface area contributed by atoms with Gasteiger partial charge in [-0.25, -0.2) is 0 Å². The third-order valence-electron chi connectivity index (χ3n) is 3.29. The van der Waals surface area contributed by atoms with Crippen molar-refractivity contribution in [2.75, 3.05) is 0 Å². The number of nitrogens with zero attached hydrogens (tertiary/aromatic N) is 1. The van der Waals surface area contributed by atoms with E-state index in [2.05, 4.69) is 39.8 Å². The molecular weight excluding hydrogens is 238 g/mol. The van der Waals surface area contributed by atoms with Gasteiger partial charge in [0.15, 0.2) is 0 Å². The first-order valence-corrected chi connectivity index (χ1v) is 6.59. The summed E-state index contributed by atoms with van der Waals surface area (Å²) in [6.07, 6.45) is 1.03. The maximum Gasteiger partial charge on any atom is 0.124 e. The van der Waals surface area contributed by atoms with Gasteiger partial charge in [0.1, 0.15) is 5.75 Å². The van der Waals surface area contributed by atoms with E-state index in [0.29, 0.717) is 11.3 Å². The van der Waals surface area contributed by atoms with Crippen LogP contribution in [-0.4, -0.2) is 16.0 Å². The third-order valence-corrected chi connectivity index (χ3v) is 3.29. The highest BCUT2D eigenvalue weighted by molar-refractivity contribution is 6.00. The highest BCUT2D eigenvalue weighted by Crippen LogP contribution is 2.37. The molecule has 0 aliphatic carbocycles. The first-order chi connectivity index (χ1) is 8.57. The molecule has 0 atom stereocenters. The molecule has 0 bridgehead atoms. The van der Waals surface area contributed by atoms with Crippen LogP contribution in [0, 0.1) is 5.41 Å². The Hall–Kier alpha value is -1.51. The van der Waals surface area contributed by atoms with Gasteiger partial charge in [0.05, 0.1) is 5.71 Å². The molecule has 0 aliphatic heterocycles. The van der Waals surface area contributed by atoms with E-state index < -0.39 is 0 Å². The third kappa shape index (κ3) is 3.98. The summed E-state index contributed by atoms with van der Waals surface area (Å²) in [4.78, 5) is 0. The predicted molar refractivity (Wildman–Crippen MR) is 79.2 cm³/mol. The van der Waals surface area contributed by atoms with Gasteiger partial charge in [-0.1, -0.05) is 45.8 Å². The van der Waals surface area contributed by atoms with Gasteiger partial charge in [-0.2, -0.15) is 0 Å². The highest BCUT2D eigenvalue weighted by atomic mass is 16.4. The zero-order chi connectivity index (χ0) is 14.8. The van der Waals surface area contributed by atoms with Crippen LogP contribution in [0.1, 0.15) is 59.1 Å². The molecule has 0 radical (unpaired) electrons. The molecule has 0 saturated heterocycles. The van der Waals surface area contributed by atoms with E-state index in [4.69, 9.17) is 5.21 Å². The number of oxime groups is 1. The lowest BCUT2D eigenvalue weighted by atomic mass is 9.72. The van der Waals surface area contributed by atoms with Crippen LogP contribution in [0.2, 0.25) is 0 Å².